The van der Waals surface area contributed by atoms with Gasteiger partial charge in [-0.25, -0.2) is 8.42 Å². The Kier molecular flexibility index (Phi) is 5.25. The van der Waals surface area contributed by atoms with Crippen LogP contribution in [-0.4, -0.2) is 50.8 Å². The summed E-state index contributed by atoms with van der Waals surface area (Å²) in [7, 11) is -3.55. The van der Waals surface area contributed by atoms with Crippen molar-refractivity contribution in [1.82, 2.24) is 4.31 Å². The first kappa shape index (κ1) is 20.4. The lowest BCUT2D eigenvalue weighted by Gasteiger charge is -2.21. The Hall–Kier alpha value is -2.91. The van der Waals surface area contributed by atoms with E-state index >= 15 is 0 Å². The molecule has 8 nitrogen and oxygen atoms in total. The topological polar surface area (TPSA) is 96.0 Å². The number of nitrogens with one attached hydrogen (secondary N) is 1. The number of anilines is 2. The van der Waals surface area contributed by atoms with Crippen molar-refractivity contribution < 1.29 is 22.7 Å². The summed E-state index contributed by atoms with van der Waals surface area (Å²) in [5.41, 5.74) is 2.42. The van der Waals surface area contributed by atoms with Gasteiger partial charge in [-0.2, -0.15) is 4.31 Å². The minimum absolute atomic E-state index is 0.0431. The number of amides is 2. The number of benzene rings is 2. The van der Waals surface area contributed by atoms with E-state index in [0.29, 0.717) is 48.7 Å². The van der Waals surface area contributed by atoms with Crippen molar-refractivity contribution in [2.75, 3.05) is 36.5 Å². The van der Waals surface area contributed by atoms with Gasteiger partial charge in [-0.05, 0) is 48.4 Å². The maximum atomic E-state index is 13.1. The summed E-state index contributed by atoms with van der Waals surface area (Å²) in [6.45, 7) is 4.83. The zero-order valence-electron chi connectivity index (χ0n) is 16.8. The van der Waals surface area contributed by atoms with Crippen LogP contribution in [0.25, 0.3) is 0 Å². The molecule has 1 N–H and O–H groups in total. The number of fused-ring (bicyclic) bond motifs is 2. The zero-order valence-corrected chi connectivity index (χ0v) is 17.7. The Balaban J connectivity index is 1.62. The van der Waals surface area contributed by atoms with Crippen LogP contribution in [-0.2, 0) is 21.2 Å². The van der Waals surface area contributed by atoms with Crippen LogP contribution in [0.15, 0.2) is 41.3 Å². The van der Waals surface area contributed by atoms with Crippen molar-refractivity contribution in [3.05, 3.63) is 47.5 Å². The van der Waals surface area contributed by atoms with E-state index in [1.54, 1.807) is 55.1 Å². The highest BCUT2D eigenvalue weighted by atomic mass is 32.2. The Morgan fingerprint density at radius 3 is 2.67 bits per heavy atom. The van der Waals surface area contributed by atoms with Gasteiger partial charge in [0.15, 0.2) is 6.61 Å². The molecule has 158 valence electrons. The molecule has 0 atom stereocenters. The Bertz CT molecular complexity index is 1130. The monoisotopic (exact) mass is 429 g/mol. The van der Waals surface area contributed by atoms with Crippen LogP contribution < -0.4 is 15.0 Å². The Morgan fingerprint density at radius 1 is 1.17 bits per heavy atom. The van der Waals surface area contributed by atoms with Gasteiger partial charge in [-0.15, -0.1) is 0 Å². The van der Waals surface area contributed by atoms with Gasteiger partial charge in [0.25, 0.3) is 11.8 Å². The number of ether oxygens (including phenoxy) is 1. The first-order chi connectivity index (χ1) is 14.3. The molecule has 0 saturated heterocycles. The highest BCUT2D eigenvalue weighted by Gasteiger charge is 2.29. The third-order valence-electron chi connectivity index (χ3n) is 5.39. The lowest BCUT2D eigenvalue weighted by atomic mass is 10.1. The molecule has 0 saturated carbocycles. The predicted octanol–water partition coefficient (Wildman–Crippen LogP) is 2.25. The second-order valence-electron chi connectivity index (χ2n) is 7.13. The third-order valence-corrected chi connectivity index (χ3v) is 7.44. The minimum atomic E-state index is -3.55. The molecule has 2 aromatic carbocycles. The lowest BCUT2D eigenvalue weighted by molar-refractivity contribution is -0.118. The summed E-state index contributed by atoms with van der Waals surface area (Å²) in [6.07, 6.45) is 0.577. The van der Waals surface area contributed by atoms with Crippen LogP contribution in [0, 0.1) is 0 Å². The number of hydrogen-bond acceptors (Lipinski definition) is 5. The number of sulfonamides is 1. The fourth-order valence-corrected chi connectivity index (χ4v) is 5.34. The summed E-state index contributed by atoms with van der Waals surface area (Å²) < 4.78 is 32.3. The van der Waals surface area contributed by atoms with Crippen LogP contribution in [0.2, 0.25) is 0 Å². The Morgan fingerprint density at radius 2 is 1.93 bits per heavy atom. The van der Waals surface area contributed by atoms with Crippen LogP contribution in [0.5, 0.6) is 5.75 Å². The van der Waals surface area contributed by atoms with Gasteiger partial charge in [-0.1, -0.05) is 13.8 Å². The molecule has 2 aliphatic heterocycles. The van der Waals surface area contributed by atoms with Crippen molar-refractivity contribution in [2.24, 2.45) is 0 Å². The maximum absolute atomic E-state index is 13.1. The molecule has 2 aromatic rings. The van der Waals surface area contributed by atoms with Crippen LogP contribution >= 0.6 is 0 Å². The van der Waals surface area contributed by atoms with E-state index < -0.39 is 10.0 Å². The van der Waals surface area contributed by atoms with E-state index in [0.717, 1.165) is 5.56 Å². The standard InChI is InChI=1S/C21H23N3O5S/c1-3-23(4-2)30(27,28)16-6-7-18-14(11-16)9-10-24(18)21(26)15-5-8-19-17(12-15)22-20(25)13-29-19/h5-8,11-12H,3-4,9-10,13H2,1-2H3,(H,22,25). The molecule has 30 heavy (non-hydrogen) atoms. The molecule has 0 aliphatic carbocycles. The largest absolute Gasteiger partial charge is 0.482 e. The number of carbonyl (C=O) groups excluding carboxylic acids is 2. The number of hydrogen-bond donors (Lipinski definition) is 1. The van der Waals surface area contributed by atoms with E-state index in [4.69, 9.17) is 4.74 Å². The number of rotatable bonds is 5. The van der Waals surface area contributed by atoms with Crippen molar-refractivity contribution >= 4 is 33.2 Å². The maximum Gasteiger partial charge on any atom is 0.262 e. The van der Waals surface area contributed by atoms with E-state index in [-0.39, 0.29) is 23.3 Å². The van der Waals surface area contributed by atoms with Crippen molar-refractivity contribution in [3.8, 4) is 5.75 Å². The summed E-state index contributed by atoms with van der Waals surface area (Å²) in [4.78, 5) is 26.5. The Labute approximate surface area is 175 Å². The van der Waals surface area contributed by atoms with Gasteiger partial charge in [-0.3, -0.25) is 9.59 Å². The number of nitrogens with zero attached hydrogens (tertiary/aromatic N) is 2. The van der Waals surface area contributed by atoms with Gasteiger partial charge in [0.1, 0.15) is 5.75 Å². The molecule has 2 amide bonds. The van der Waals surface area contributed by atoms with Gasteiger partial charge < -0.3 is 15.0 Å². The summed E-state index contributed by atoms with van der Waals surface area (Å²) >= 11 is 0. The van der Waals surface area contributed by atoms with Gasteiger partial charge >= 0.3 is 0 Å². The van der Waals surface area contributed by atoms with Crippen molar-refractivity contribution in [3.63, 3.8) is 0 Å². The smallest absolute Gasteiger partial charge is 0.262 e. The summed E-state index contributed by atoms with van der Waals surface area (Å²) in [5, 5.41) is 2.70. The third kappa shape index (κ3) is 3.44. The molecule has 0 spiro atoms. The minimum Gasteiger partial charge on any atom is -0.482 e. The molecule has 0 unspecified atom stereocenters. The van der Waals surface area contributed by atoms with E-state index in [2.05, 4.69) is 5.32 Å². The molecule has 0 bridgehead atoms. The molecular formula is C21H23N3O5S. The number of carbonyl (C=O) groups is 2. The second kappa shape index (κ2) is 7.73. The van der Waals surface area contributed by atoms with Crippen molar-refractivity contribution in [2.45, 2.75) is 25.2 Å². The van der Waals surface area contributed by atoms with E-state index in [1.165, 1.54) is 4.31 Å². The predicted molar refractivity (Wildman–Crippen MR) is 112 cm³/mol. The van der Waals surface area contributed by atoms with Gasteiger partial charge in [0.2, 0.25) is 10.0 Å². The summed E-state index contributed by atoms with van der Waals surface area (Å²) in [5.74, 6) is 0.0514. The average molecular weight is 429 g/mol. The van der Waals surface area contributed by atoms with Gasteiger partial charge in [0.05, 0.1) is 10.6 Å². The van der Waals surface area contributed by atoms with Gasteiger partial charge in [0, 0.05) is 30.9 Å². The molecular weight excluding hydrogens is 406 g/mol. The molecule has 0 fully saturated rings. The molecule has 9 heteroatoms. The normalized spacial score (nSPS) is 15.4. The second-order valence-corrected chi connectivity index (χ2v) is 9.07. The van der Waals surface area contributed by atoms with Crippen LogP contribution in [0.4, 0.5) is 11.4 Å². The van der Waals surface area contributed by atoms with Crippen LogP contribution in [0.1, 0.15) is 29.8 Å². The van der Waals surface area contributed by atoms with Crippen LogP contribution in [0.3, 0.4) is 0 Å². The van der Waals surface area contributed by atoms with Crippen molar-refractivity contribution in [1.29, 1.82) is 0 Å². The fourth-order valence-electron chi connectivity index (χ4n) is 3.83. The average Bonchev–Trinajstić information content (AvgIpc) is 3.16. The van der Waals surface area contributed by atoms with E-state index in [1.807, 2.05) is 0 Å². The SMILES string of the molecule is CCN(CC)S(=O)(=O)c1ccc2c(c1)CCN2C(=O)c1ccc2c(c1)NC(=O)CO2. The quantitative estimate of drug-likeness (QED) is 0.787. The zero-order chi connectivity index (χ0) is 21.5. The molecule has 2 aliphatic rings. The fraction of sp³-hybridized carbons (Fsp3) is 0.333. The first-order valence-electron chi connectivity index (χ1n) is 9.86. The first-order valence-corrected chi connectivity index (χ1v) is 11.3. The molecule has 4 rings (SSSR count). The lowest BCUT2D eigenvalue weighted by Crippen LogP contribution is -2.31. The van der Waals surface area contributed by atoms with E-state index in [9.17, 15) is 18.0 Å². The molecule has 0 radical (unpaired) electrons. The summed E-state index contributed by atoms with van der Waals surface area (Å²) in [6, 6.07) is 9.84. The highest BCUT2D eigenvalue weighted by Crippen LogP contribution is 2.34. The molecule has 2 heterocycles. The highest BCUT2D eigenvalue weighted by molar-refractivity contribution is 7.89. The molecule has 0 aromatic heterocycles.